The third-order valence-corrected chi connectivity index (χ3v) is 17.8. The van der Waals surface area contributed by atoms with Crippen LogP contribution in [0.4, 0.5) is 0 Å². The highest BCUT2D eigenvalue weighted by atomic mass is 16.2. The Morgan fingerprint density at radius 1 is 0.173 bits per heavy atom. The predicted octanol–water partition coefficient (Wildman–Crippen LogP) is -7.56. The van der Waals surface area contributed by atoms with Gasteiger partial charge in [0.2, 0.25) is 70.9 Å². The van der Waals surface area contributed by atoms with E-state index in [1.165, 1.54) is 0 Å². The molecule has 0 spiro atoms. The molecule has 12 amide bonds. The lowest BCUT2D eigenvalue weighted by atomic mass is 10.1. The largest absolute Gasteiger partial charge is 0.355 e. The van der Waals surface area contributed by atoms with E-state index in [1.807, 2.05) is 24.5 Å². The molecule has 0 saturated heterocycles. The van der Waals surface area contributed by atoms with Crippen LogP contribution in [0.15, 0.2) is 0 Å². The molecule has 0 radical (unpaired) electrons. The van der Waals surface area contributed by atoms with Crippen molar-refractivity contribution < 1.29 is 57.5 Å². The third kappa shape index (κ3) is 64.7. The summed E-state index contributed by atoms with van der Waals surface area (Å²) < 4.78 is 0. The molecule has 38 nitrogen and oxygen atoms in total. The summed E-state index contributed by atoms with van der Waals surface area (Å²) >= 11 is 0. The predicted molar refractivity (Wildman–Crippen MR) is 429 cm³/mol. The summed E-state index contributed by atoms with van der Waals surface area (Å²) in [5, 5.41) is 34.3. The Bertz CT molecular complexity index is 2300. The van der Waals surface area contributed by atoms with Gasteiger partial charge in [0.15, 0.2) is 0 Å². The van der Waals surface area contributed by atoms with E-state index in [4.69, 9.17) is 45.9 Å². The maximum atomic E-state index is 14.0. The van der Waals surface area contributed by atoms with E-state index in [1.54, 1.807) is 0 Å². The highest BCUT2D eigenvalue weighted by Gasteiger charge is 2.20. The molecule has 0 aliphatic rings. The minimum Gasteiger partial charge on any atom is -0.355 e. The number of nitrogens with two attached hydrogens (primary N) is 8. The van der Waals surface area contributed by atoms with Crippen LogP contribution in [-0.2, 0) is 57.5 Å². The van der Waals surface area contributed by atoms with Gasteiger partial charge in [-0.25, -0.2) is 0 Å². The van der Waals surface area contributed by atoms with Crippen LogP contribution >= 0.6 is 0 Å². The summed E-state index contributed by atoms with van der Waals surface area (Å²) in [6.45, 7) is 14.1. The van der Waals surface area contributed by atoms with E-state index < -0.39 is 0 Å². The molecule has 0 aromatic heterocycles. The van der Waals surface area contributed by atoms with Gasteiger partial charge in [-0.05, 0) is 19.4 Å². The molecule has 28 N–H and O–H groups in total. The van der Waals surface area contributed by atoms with Crippen LogP contribution in [0, 0.1) is 0 Å². The van der Waals surface area contributed by atoms with E-state index in [-0.39, 0.29) is 148 Å². The number of rotatable bonds is 77. The van der Waals surface area contributed by atoms with Crippen LogP contribution in [0.5, 0.6) is 0 Å². The van der Waals surface area contributed by atoms with Gasteiger partial charge in [-0.2, -0.15) is 0 Å². The minimum atomic E-state index is -0.189. The van der Waals surface area contributed by atoms with Crippen molar-refractivity contribution in [1.82, 2.24) is 93.2 Å². The van der Waals surface area contributed by atoms with Gasteiger partial charge in [-0.3, -0.25) is 57.5 Å². The molecule has 0 heterocycles. The fraction of sp³-hybridized carbons (Fsp3) is 0.833. The number of amides is 12. The molecule has 0 aliphatic heterocycles. The molecular formula is C72H148N26O12. The summed E-state index contributed by atoms with van der Waals surface area (Å²) in [6, 6.07) is 0. The molecule has 638 valence electrons. The van der Waals surface area contributed by atoms with Crippen LogP contribution in [0.1, 0.15) is 141 Å². The second-order valence-electron chi connectivity index (χ2n) is 27.0. The van der Waals surface area contributed by atoms with Gasteiger partial charge in [0.1, 0.15) is 0 Å². The average molecular weight is 1570 g/mol. The number of carbonyl (C=O) groups is 12. The fourth-order valence-corrected chi connectivity index (χ4v) is 11.4. The molecule has 0 unspecified atom stereocenters. The third-order valence-electron chi connectivity index (χ3n) is 17.8. The number of nitrogens with one attached hydrogen (secondary N) is 12. The van der Waals surface area contributed by atoms with Crippen LogP contribution in [0.2, 0.25) is 0 Å². The zero-order valence-corrected chi connectivity index (χ0v) is 66.6. The summed E-state index contributed by atoms with van der Waals surface area (Å²) in [5.74, 6) is -1.84. The molecule has 0 bridgehead atoms. The van der Waals surface area contributed by atoms with E-state index in [2.05, 4.69) is 68.7 Å². The van der Waals surface area contributed by atoms with E-state index in [0.29, 0.717) is 249 Å². The Morgan fingerprint density at radius 2 is 0.364 bits per heavy atom. The first-order valence-corrected chi connectivity index (χ1v) is 40.4. The molecule has 0 saturated carbocycles. The number of nitrogens with zero attached hydrogens (tertiary/aromatic N) is 6. The topological polar surface area (TPSA) is 577 Å². The monoisotopic (exact) mass is 1570 g/mol. The van der Waals surface area contributed by atoms with Gasteiger partial charge in [0.25, 0.3) is 0 Å². The SMILES string of the molecule is NCCNC(=O)CCN(CCNC(=O)CCNCCC(=O)N(CCCCCCCCCCCCN(CCC(=O)NCCN(CCC(=O)NCCN)CCC(=O)NCCN)CCC(=O)NCCN(CCC(=O)NCCN)CCC(=O)NCCN)CCN(CCC(=O)NCCN)CCC(=O)NCCN)CCC(=O)NCCN. The Labute approximate surface area is 654 Å². The van der Waals surface area contributed by atoms with E-state index in [0.717, 1.165) is 64.2 Å². The van der Waals surface area contributed by atoms with Crippen LogP contribution in [0.25, 0.3) is 0 Å². The second-order valence-corrected chi connectivity index (χ2v) is 27.0. The second kappa shape index (κ2) is 73.6. The molecule has 0 rings (SSSR count). The van der Waals surface area contributed by atoms with Gasteiger partial charge < -0.3 is 139 Å². The van der Waals surface area contributed by atoms with Gasteiger partial charge in [-0.1, -0.05) is 51.4 Å². The first kappa shape index (κ1) is 103. The van der Waals surface area contributed by atoms with Gasteiger partial charge >= 0.3 is 0 Å². The van der Waals surface area contributed by atoms with Crippen molar-refractivity contribution in [2.75, 3.05) is 249 Å². The maximum absolute atomic E-state index is 14.0. The lowest BCUT2D eigenvalue weighted by molar-refractivity contribution is -0.132. The Morgan fingerprint density at radius 3 is 0.609 bits per heavy atom. The Hall–Kier alpha value is -6.92. The zero-order valence-electron chi connectivity index (χ0n) is 66.6. The van der Waals surface area contributed by atoms with Crippen LogP contribution in [0.3, 0.4) is 0 Å². The molecule has 0 aliphatic carbocycles. The molecule has 110 heavy (non-hydrogen) atoms. The quantitative estimate of drug-likeness (QED) is 0.0252. The molecular weight excluding hydrogens is 1420 g/mol. The van der Waals surface area contributed by atoms with Crippen molar-refractivity contribution in [3.63, 3.8) is 0 Å². The first-order chi connectivity index (χ1) is 53.2. The lowest BCUT2D eigenvalue weighted by Crippen LogP contribution is -2.42. The van der Waals surface area contributed by atoms with E-state index in [9.17, 15) is 57.5 Å². The van der Waals surface area contributed by atoms with Gasteiger partial charge in [-0.15, -0.1) is 0 Å². The summed E-state index contributed by atoms with van der Waals surface area (Å²) in [4.78, 5) is 165. The van der Waals surface area contributed by atoms with Gasteiger partial charge in [0, 0.05) is 319 Å². The van der Waals surface area contributed by atoms with Crippen molar-refractivity contribution in [2.24, 2.45) is 45.9 Å². The molecule has 0 atom stereocenters. The van der Waals surface area contributed by atoms with Crippen LogP contribution in [-0.4, -0.2) is 349 Å². The summed E-state index contributed by atoms with van der Waals surface area (Å²) in [6.07, 6.45) is 12.0. The average Bonchev–Trinajstić information content (AvgIpc) is 0.927. The number of hydrogen-bond acceptors (Lipinski definition) is 26. The number of carbonyl (C=O) groups excluding carboxylic acids is 12. The molecule has 38 heteroatoms. The van der Waals surface area contributed by atoms with Crippen molar-refractivity contribution >= 4 is 70.9 Å². The standard InChI is InChI=1S/C72H148N26O12/c73-23-33-82-62(100)15-48-94(49-16-63(101)83-34-24-74)56-41-90-61(99)11-31-81-32-12-72(110)98(60-59-97(54-21-68(106)88-39-29-79)55-22-69(107)89-40-30-80)45-10-8-6-4-2-1-3-5-7-9-44-93(46-13-70(108)91-42-57-95(50-17-64(102)84-35-25-75)51-18-65(103)85-36-26-76)47-14-71(109)92-43-58-96(52-19-66(104)86-37-27-77)53-20-67(105)87-38-28-78/h81H,1-60,73-80H2,(H,82,100)(H,83,101)(H,84,102)(H,85,103)(H,86,104)(H,87,105)(H,88,106)(H,89,107)(H,90,99)(H,91,108)(H,92,109). The van der Waals surface area contributed by atoms with Crippen molar-refractivity contribution in [3.8, 4) is 0 Å². The highest BCUT2D eigenvalue weighted by Crippen LogP contribution is 2.13. The zero-order chi connectivity index (χ0) is 81.3. The van der Waals surface area contributed by atoms with Gasteiger partial charge in [0.05, 0.1) is 0 Å². The number of hydrogen-bond donors (Lipinski definition) is 20. The lowest BCUT2D eigenvalue weighted by Gasteiger charge is -2.28. The maximum Gasteiger partial charge on any atom is 0.223 e. The van der Waals surface area contributed by atoms with Crippen LogP contribution < -0.4 is 110 Å². The van der Waals surface area contributed by atoms with Crippen molar-refractivity contribution in [2.45, 2.75) is 141 Å². The summed E-state index contributed by atoms with van der Waals surface area (Å²) in [7, 11) is 0. The van der Waals surface area contributed by atoms with Crippen molar-refractivity contribution in [3.05, 3.63) is 0 Å². The minimum absolute atomic E-state index is 0.0574. The highest BCUT2D eigenvalue weighted by molar-refractivity contribution is 5.80. The van der Waals surface area contributed by atoms with E-state index >= 15 is 0 Å². The molecule has 0 aromatic rings. The van der Waals surface area contributed by atoms with Crippen molar-refractivity contribution in [1.29, 1.82) is 0 Å². The molecule has 0 fully saturated rings. The first-order valence-electron chi connectivity index (χ1n) is 40.4. The molecule has 0 aromatic carbocycles. The Balaban J connectivity index is 5.84. The Kier molecular flexibility index (Phi) is 68.9. The number of unbranched alkanes of at least 4 members (excludes halogenated alkanes) is 9. The smallest absolute Gasteiger partial charge is 0.223 e. The normalized spacial score (nSPS) is 11.2. The fourth-order valence-electron chi connectivity index (χ4n) is 11.4. The summed E-state index contributed by atoms with van der Waals surface area (Å²) in [5.41, 5.74) is 44.5.